The van der Waals surface area contributed by atoms with E-state index in [1.165, 1.54) is 6.07 Å². The van der Waals surface area contributed by atoms with E-state index in [-0.39, 0.29) is 5.82 Å². The average Bonchev–Trinajstić information content (AvgIpc) is 2.87. The van der Waals surface area contributed by atoms with Crippen LogP contribution in [0, 0.1) is 12.7 Å². The molecule has 1 aromatic carbocycles. The van der Waals surface area contributed by atoms with Crippen molar-refractivity contribution in [3.63, 3.8) is 0 Å². The van der Waals surface area contributed by atoms with Crippen LogP contribution in [0.3, 0.4) is 0 Å². The van der Waals surface area contributed by atoms with Crippen LogP contribution in [0.4, 0.5) is 4.39 Å². The third-order valence-corrected chi connectivity index (χ3v) is 2.98. The largest absolute Gasteiger partial charge is 0.460 e. The van der Waals surface area contributed by atoms with E-state index < -0.39 is 0 Å². The number of halogens is 1. The van der Waals surface area contributed by atoms with Gasteiger partial charge in [0, 0.05) is 19.2 Å². The number of hydrogen-bond donors (Lipinski definition) is 1. The molecule has 0 amide bonds. The summed E-state index contributed by atoms with van der Waals surface area (Å²) in [4.78, 5) is 0. The van der Waals surface area contributed by atoms with Gasteiger partial charge >= 0.3 is 0 Å². The Labute approximate surface area is 112 Å². The minimum atomic E-state index is -0.214. The van der Waals surface area contributed by atoms with Gasteiger partial charge in [0.15, 0.2) is 0 Å². The molecule has 1 heterocycles. The molecule has 0 atom stereocenters. The minimum Gasteiger partial charge on any atom is -0.460 e. The molecule has 2 aromatic rings. The lowest BCUT2D eigenvalue weighted by Crippen LogP contribution is -2.18. The van der Waals surface area contributed by atoms with E-state index in [0.717, 1.165) is 17.9 Å². The summed E-state index contributed by atoms with van der Waals surface area (Å²) >= 11 is 0. The summed E-state index contributed by atoms with van der Waals surface area (Å²) < 4.78 is 24.2. The maximum Gasteiger partial charge on any atom is 0.134 e. The third-order valence-electron chi connectivity index (χ3n) is 2.98. The van der Waals surface area contributed by atoms with Crippen molar-refractivity contribution >= 4 is 0 Å². The van der Waals surface area contributed by atoms with Crippen molar-refractivity contribution in [1.82, 2.24) is 5.32 Å². The first-order chi connectivity index (χ1) is 9.22. The summed E-state index contributed by atoms with van der Waals surface area (Å²) in [6, 6.07) is 8.78. The number of rotatable bonds is 6. The smallest absolute Gasteiger partial charge is 0.134 e. The van der Waals surface area contributed by atoms with E-state index in [2.05, 4.69) is 5.32 Å². The first kappa shape index (κ1) is 13.8. The summed E-state index contributed by atoms with van der Waals surface area (Å²) in [5.41, 5.74) is 1.40. The highest BCUT2D eigenvalue weighted by Crippen LogP contribution is 2.26. The van der Waals surface area contributed by atoms with Gasteiger partial charge in [0.25, 0.3) is 0 Å². The lowest BCUT2D eigenvalue weighted by atomic mass is 10.1. The Morgan fingerprint density at radius 2 is 2.11 bits per heavy atom. The highest BCUT2D eigenvalue weighted by Gasteiger charge is 2.09. The van der Waals surface area contributed by atoms with E-state index in [9.17, 15) is 4.39 Å². The molecule has 0 aliphatic rings. The van der Waals surface area contributed by atoms with Crippen LogP contribution < -0.4 is 5.32 Å². The SMILES string of the molecule is COCCNCc1ccc(-c2cccc(F)c2C)o1. The van der Waals surface area contributed by atoms with Crippen LogP contribution in [0.15, 0.2) is 34.7 Å². The van der Waals surface area contributed by atoms with Crippen LogP contribution in [0.25, 0.3) is 11.3 Å². The van der Waals surface area contributed by atoms with Gasteiger partial charge in [-0.2, -0.15) is 0 Å². The second kappa shape index (κ2) is 6.50. The summed E-state index contributed by atoms with van der Waals surface area (Å²) in [6.45, 7) is 3.82. The second-order valence-electron chi connectivity index (χ2n) is 4.35. The quantitative estimate of drug-likeness (QED) is 0.813. The van der Waals surface area contributed by atoms with Crippen molar-refractivity contribution in [3.05, 3.63) is 47.5 Å². The Morgan fingerprint density at radius 1 is 1.26 bits per heavy atom. The molecule has 0 fully saturated rings. The van der Waals surface area contributed by atoms with Gasteiger partial charge in [0.05, 0.1) is 13.2 Å². The Hall–Kier alpha value is -1.65. The molecule has 4 heteroatoms. The molecule has 0 spiro atoms. The predicted octanol–water partition coefficient (Wildman–Crippen LogP) is 3.13. The van der Waals surface area contributed by atoms with Crippen LogP contribution in [0.5, 0.6) is 0 Å². The summed E-state index contributed by atoms with van der Waals surface area (Å²) in [7, 11) is 1.67. The van der Waals surface area contributed by atoms with E-state index in [1.54, 1.807) is 20.1 Å². The van der Waals surface area contributed by atoms with Crippen molar-refractivity contribution in [2.24, 2.45) is 0 Å². The Kier molecular flexibility index (Phi) is 4.71. The number of benzene rings is 1. The molecule has 1 aromatic heterocycles. The maximum absolute atomic E-state index is 13.5. The number of hydrogen-bond acceptors (Lipinski definition) is 3. The lowest BCUT2D eigenvalue weighted by Gasteiger charge is -2.04. The van der Waals surface area contributed by atoms with Gasteiger partial charge < -0.3 is 14.5 Å². The molecular formula is C15H18FNO2. The zero-order valence-electron chi connectivity index (χ0n) is 11.2. The normalized spacial score (nSPS) is 10.9. The number of furan rings is 1. The van der Waals surface area contributed by atoms with Crippen molar-refractivity contribution in [2.75, 3.05) is 20.3 Å². The van der Waals surface area contributed by atoms with Crippen LogP contribution in [-0.4, -0.2) is 20.3 Å². The predicted molar refractivity (Wildman–Crippen MR) is 72.4 cm³/mol. The van der Waals surface area contributed by atoms with Gasteiger partial charge in [-0.05, 0) is 30.7 Å². The van der Waals surface area contributed by atoms with Crippen LogP contribution >= 0.6 is 0 Å². The molecule has 19 heavy (non-hydrogen) atoms. The Bertz CT molecular complexity index is 537. The topological polar surface area (TPSA) is 34.4 Å². The molecule has 0 saturated heterocycles. The van der Waals surface area contributed by atoms with Crippen LogP contribution in [0.1, 0.15) is 11.3 Å². The second-order valence-corrected chi connectivity index (χ2v) is 4.35. The molecular weight excluding hydrogens is 245 g/mol. The number of ether oxygens (including phenoxy) is 1. The molecule has 0 aliphatic heterocycles. The summed E-state index contributed by atoms with van der Waals surface area (Å²) in [6.07, 6.45) is 0. The van der Waals surface area contributed by atoms with Gasteiger partial charge in [0.2, 0.25) is 0 Å². The fourth-order valence-electron chi connectivity index (χ4n) is 1.88. The van der Waals surface area contributed by atoms with Gasteiger partial charge in [-0.3, -0.25) is 0 Å². The van der Waals surface area contributed by atoms with Crippen molar-refractivity contribution < 1.29 is 13.5 Å². The molecule has 0 bridgehead atoms. The molecule has 102 valence electrons. The molecule has 1 N–H and O–H groups in total. The highest BCUT2D eigenvalue weighted by molar-refractivity contribution is 5.62. The fourth-order valence-corrected chi connectivity index (χ4v) is 1.88. The van der Waals surface area contributed by atoms with E-state index in [4.69, 9.17) is 9.15 Å². The molecule has 2 rings (SSSR count). The molecule has 0 saturated carbocycles. The zero-order chi connectivity index (χ0) is 13.7. The van der Waals surface area contributed by atoms with Gasteiger partial charge in [-0.1, -0.05) is 12.1 Å². The van der Waals surface area contributed by atoms with Crippen LogP contribution in [0.2, 0.25) is 0 Å². The summed E-state index contributed by atoms with van der Waals surface area (Å²) in [5.74, 6) is 1.31. The lowest BCUT2D eigenvalue weighted by molar-refractivity contribution is 0.198. The van der Waals surface area contributed by atoms with Crippen molar-refractivity contribution in [3.8, 4) is 11.3 Å². The first-order valence-corrected chi connectivity index (χ1v) is 6.26. The summed E-state index contributed by atoms with van der Waals surface area (Å²) in [5, 5.41) is 3.20. The van der Waals surface area contributed by atoms with Gasteiger partial charge in [-0.25, -0.2) is 4.39 Å². The molecule has 3 nitrogen and oxygen atoms in total. The number of nitrogens with one attached hydrogen (secondary N) is 1. The van der Waals surface area contributed by atoms with Gasteiger partial charge in [0.1, 0.15) is 17.3 Å². The minimum absolute atomic E-state index is 0.214. The average molecular weight is 263 g/mol. The first-order valence-electron chi connectivity index (χ1n) is 6.26. The zero-order valence-corrected chi connectivity index (χ0v) is 11.2. The third kappa shape index (κ3) is 3.43. The van der Waals surface area contributed by atoms with E-state index in [0.29, 0.717) is 24.5 Å². The monoisotopic (exact) mass is 263 g/mol. The van der Waals surface area contributed by atoms with E-state index in [1.807, 2.05) is 18.2 Å². The molecule has 0 radical (unpaired) electrons. The van der Waals surface area contributed by atoms with E-state index >= 15 is 0 Å². The Balaban J connectivity index is 2.06. The van der Waals surface area contributed by atoms with Gasteiger partial charge in [-0.15, -0.1) is 0 Å². The number of methoxy groups -OCH3 is 1. The van der Waals surface area contributed by atoms with Crippen molar-refractivity contribution in [1.29, 1.82) is 0 Å². The molecule has 0 unspecified atom stereocenters. The van der Waals surface area contributed by atoms with Crippen LogP contribution in [-0.2, 0) is 11.3 Å². The molecule has 0 aliphatic carbocycles. The maximum atomic E-state index is 13.5. The van der Waals surface area contributed by atoms with Crippen molar-refractivity contribution in [2.45, 2.75) is 13.5 Å². The Morgan fingerprint density at radius 3 is 2.89 bits per heavy atom. The highest BCUT2D eigenvalue weighted by atomic mass is 19.1. The standard InChI is InChI=1S/C15H18FNO2/c1-11-13(4-3-5-14(11)16)15-7-6-12(19-15)10-17-8-9-18-2/h3-7,17H,8-10H2,1-2H3. The fraction of sp³-hybridized carbons (Fsp3) is 0.333.